The molecule has 1 N–H and O–H groups in total. The lowest BCUT2D eigenvalue weighted by Gasteiger charge is -2.13. The summed E-state index contributed by atoms with van der Waals surface area (Å²) in [4.78, 5) is 3.85. The summed E-state index contributed by atoms with van der Waals surface area (Å²) in [5, 5.41) is 21.8. The van der Waals surface area contributed by atoms with Gasteiger partial charge in [0.1, 0.15) is 6.67 Å². The summed E-state index contributed by atoms with van der Waals surface area (Å²) in [6, 6.07) is 2.99. The molecule has 3 aromatic heterocycles. The van der Waals surface area contributed by atoms with Crippen molar-refractivity contribution in [3.8, 4) is 17.1 Å². The van der Waals surface area contributed by atoms with Crippen LogP contribution in [0.15, 0.2) is 24.5 Å². The number of hydrogen-bond donors (Lipinski definition) is 1. The highest BCUT2D eigenvalue weighted by atomic mass is 19.4. The maximum atomic E-state index is 13.3. The smallest absolute Gasteiger partial charge is 0.435 e. The van der Waals surface area contributed by atoms with Crippen LogP contribution in [0, 0.1) is 6.92 Å². The largest absolute Gasteiger partial charge is 0.471 e. The minimum atomic E-state index is -4.64. The number of ether oxygens (including phenoxy) is 1. The van der Waals surface area contributed by atoms with Gasteiger partial charge in [-0.3, -0.25) is 14.1 Å². The van der Waals surface area contributed by atoms with Crippen LogP contribution >= 0.6 is 0 Å². The first-order valence-corrected chi connectivity index (χ1v) is 10.5. The molecule has 206 valence electrons. The zero-order valence-corrected chi connectivity index (χ0v) is 19.7. The second-order valence-corrected chi connectivity index (χ2v) is 7.97. The maximum Gasteiger partial charge on any atom is 0.435 e. The summed E-state index contributed by atoms with van der Waals surface area (Å²) in [6.07, 6.45) is -5.05. The van der Waals surface area contributed by atoms with Crippen LogP contribution in [0.1, 0.15) is 34.5 Å². The van der Waals surface area contributed by atoms with Gasteiger partial charge in [-0.2, -0.15) is 23.4 Å². The number of nitrogens with zero attached hydrogens (tertiary/aromatic N) is 5. The van der Waals surface area contributed by atoms with Crippen LogP contribution in [-0.4, -0.2) is 49.2 Å². The zero-order chi connectivity index (χ0) is 25.8. The Morgan fingerprint density at radius 2 is 1.84 bits per heavy atom. The van der Waals surface area contributed by atoms with E-state index in [2.05, 4.69) is 20.3 Å². The van der Waals surface area contributed by atoms with Gasteiger partial charge in [0.25, 0.3) is 6.43 Å². The summed E-state index contributed by atoms with van der Waals surface area (Å²) in [5.41, 5.74) is 0.277. The summed E-state index contributed by atoms with van der Waals surface area (Å²) in [5.74, 6) is -0.223. The van der Waals surface area contributed by atoms with E-state index in [0.717, 1.165) is 4.68 Å². The van der Waals surface area contributed by atoms with E-state index < -0.39 is 37.7 Å². The van der Waals surface area contributed by atoms with Gasteiger partial charge >= 0.3 is 6.18 Å². The van der Waals surface area contributed by atoms with Crippen LogP contribution in [0.5, 0.6) is 5.88 Å². The van der Waals surface area contributed by atoms with Crippen molar-refractivity contribution < 1.29 is 45.6 Å². The van der Waals surface area contributed by atoms with E-state index in [-0.39, 0.29) is 51.4 Å². The second-order valence-electron chi connectivity index (χ2n) is 7.97. The number of aryl methyl sites for hydroxylation is 3. The Hall–Kier alpha value is -3.36. The molecular weight excluding hydrogens is 518 g/mol. The molecule has 37 heavy (non-hydrogen) atoms. The third-order valence-corrected chi connectivity index (χ3v) is 5.06. The highest BCUT2D eigenvalue weighted by molar-refractivity contribution is 5.65. The normalized spacial score (nSPS) is 12.2. The minimum absolute atomic E-state index is 0. The lowest BCUT2D eigenvalue weighted by molar-refractivity contribution is -0.141. The van der Waals surface area contributed by atoms with Crippen molar-refractivity contribution in [3.63, 3.8) is 0 Å². The Morgan fingerprint density at radius 1 is 1.14 bits per heavy atom. The average molecular weight is 543 g/mol. The molecule has 7 nitrogen and oxygen atoms in total. The van der Waals surface area contributed by atoms with Gasteiger partial charge in [0.2, 0.25) is 5.88 Å². The second kappa shape index (κ2) is 13.3. The van der Waals surface area contributed by atoms with Gasteiger partial charge in [0, 0.05) is 25.0 Å². The summed E-state index contributed by atoms with van der Waals surface area (Å²) >= 11 is 0. The van der Waals surface area contributed by atoms with E-state index in [4.69, 9.17) is 4.74 Å². The van der Waals surface area contributed by atoms with Gasteiger partial charge in [-0.05, 0) is 49.4 Å². The first-order valence-electron chi connectivity index (χ1n) is 10.5. The number of aliphatic hydroxyl groups is 1. The lowest BCUT2D eigenvalue weighted by atomic mass is 10.0. The van der Waals surface area contributed by atoms with Crippen LogP contribution < -0.4 is 4.74 Å². The first-order chi connectivity index (χ1) is 16.5. The van der Waals surface area contributed by atoms with Crippen molar-refractivity contribution >= 4 is 0 Å². The predicted octanol–water partition coefficient (Wildman–Crippen LogP) is 4.55. The molecule has 0 amide bonds. The highest BCUT2D eigenvalue weighted by Crippen LogP contribution is 2.36. The van der Waals surface area contributed by atoms with Crippen LogP contribution in [0.4, 0.5) is 35.8 Å². The SMILES string of the molecule is Cc1cc(CCC(O)Cc2cnc(OCC(F)F)c(CF)c2)nnc1-c1cn(C)nc1C(F)(F)F.F.F. The fraction of sp³-hybridized carbons (Fsp3) is 0.455. The topological polar surface area (TPSA) is 86.0 Å². The van der Waals surface area contributed by atoms with Crippen molar-refractivity contribution in [1.29, 1.82) is 0 Å². The molecule has 15 heteroatoms. The molecule has 0 aliphatic carbocycles. The van der Waals surface area contributed by atoms with Gasteiger partial charge < -0.3 is 9.84 Å². The molecule has 0 saturated carbocycles. The zero-order valence-electron chi connectivity index (χ0n) is 19.7. The van der Waals surface area contributed by atoms with Crippen LogP contribution in [0.25, 0.3) is 11.3 Å². The fourth-order valence-electron chi connectivity index (χ4n) is 3.51. The molecule has 3 rings (SSSR count). The molecule has 0 aliphatic heterocycles. The Balaban J connectivity index is 0.00000342. The van der Waals surface area contributed by atoms with E-state index in [1.165, 1.54) is 25.5 Å². The van der Waals surface area contributed by atoms with E-state index in [9.17, 15) is 31.4 Å². The van der Waals surface area contributed by atoms with E-state index in [1.54, 1.807) is 13.0 Å². The Labute approximate surface area is 206 Å². The Bertz CT molecular complexity index is 1160. The van der Waals surface area contributed by atoms with E-state index in [0.29, 0.717) is 16.8 Å². The molecule has 0 radical (unpaired) electrons. The summed E-state index contributed by atoms with van der Waals surface area (Å²) in [7, 11) is 1.38. The molecule has 0 bridgehead atoms. The monoisotopic (exact) mass is 543 g/mol. The molecule has 1 atom stereocenters. The minimum Gasteiger partial charge on any atom is -0.471 e. The molecule has 1 unspecified atom stereocenters. The first kappa shape index (κ1) is 31.7. The summed E-state index contributed by atoms with van der Waals surface area (Å²) < 4.78 is 83.5. The standard InChI is InChI=1S/C22H23F6N5O2.2FH/c1-12-5-15(30-31-19(12)17-10-33(2)32-20(17)22(26,27)28)3-4-16(34)7-13-6-14(8-23)21(29-9-13)35-11-18(24)25;;/h5-6,9-10,16,18,34H,3-4,7-8,11H2,1-2H3;2*1H. The van der Waals surface area contributed by atoms with Gasteiger partial charge in [-0.25, -0.2) is 18.2 Å². The quantitative estimate of drug-likeness (QED) is 0.378. The predicted molar refractivity (Wildman–Crippen MR) is 118 cm³/mol. The van der Waals surface area contributed by atoms with Crippen LogP contribution in [0.3, 0.4) is 0 Å². The maximum absolute atomic E-state index is 13.3. The van der Waals surface area contributed by atoms with Gasteiger partial charge in [0.05, 0.1) is 23.1 Å². The molecule has 0 aromatic carbocycles. The third-order valence-electron chi connectivity index (χ3n) is 5.06. The average Bonchev–Trinajstić information content (AvgIpc) is 3.18. The molecule has 0 fully saturated rings. The van der Waals surface area contributed by atoms with Crippen molar-refractivity contribution in [2.45, 2.75) is 51.6 Å². The molecule has 0 saturated heterocycles. The number of aromatic nitrogens is 5. The van der Waals surface area contributed by atoms with Crippen molar-refractivity contribution in [3.05, 3.63) is 52.6 Å². The van der Waals surface area contributed by atoms with E-state index in [1.807, 2.05) is 0 Å². The Morgan fingerprint density at radius 3 is 2.43 bits per heavy atom. The van der Waals surface area contributed by atoms with Crippen molar-refractivity contribution in [2.75, 3.05) is 6.61 Å². The lowest BCUT2D eigenvalue weighted by Crippen LogP contribution is -2.14. The fourth-order valence-corrected chi connectivity index (χ4v) is 3.51. The number of pyridine rings is 1. The Kier molecular flexibility index (Phi) is 11.4. The molecule has 0 aliphatic rings. The number of rotatable bonds is 10. The number of hydrogen-bond acceptors (Lipinski definition) is 6. The molecule has 3 heterocycles. The van der Waals surface area contributed by atoms with Gasteiger partial charge in [0.15, 0.2) is 12.3 Å². The highest BCUT2D eigenvalue weighted by Gasteiger charge is 2.38. The van der Waals surface area contributed by atoms with Crippen molar-refractivity contribution in [1.82, 2.24) is 25.0 Å². The van der Waals surface area contributed by atoms with Gasteiger partial charge in [-0.1, -0.05) is 0 Å². The van der Waals surface area contributed by atoms with E-state index >= 15 is 0 Å². The number of halogens is 8. The number of aliphatic hydroxyl groups excluding tert-OH is 1. The molecule has 3 aromatic rings. The third kappa shape index (κ3) is 8.33. The van der Waals surface area contributed by atoms with Crippen molar-refractivity contribution in [2.24, 2.45) is 7.05 Å². The summed E-state index contributed by atoms with van der Waals surface area (Å²) in [6.45, 7) is -0.262. The van der Waals surface area contributed by atoms with Crippen LogP contribution in [-0.2, 0) is 32.7 Å². The molecular formula is C22H25F8N5O2. The molecule has 0 spiro atoms. The van der Waals surface area contributed by atoms with Gasteiger partial charge in [-0.15, -0.1) is 5.10 Å². The van der Waals surface area contributed by atoms with Crippen LogP contribution in [0.2, 0.25) is 0 Å². The number of alkyl halides is 6.